The molecular formula is C14H18N2O4. The molecule has 4 unspecified atom stereocenters. The van der Waals surface area contributed by atoms with E-state index in [1.165, 1.54) is 0 Å². The second-order valence-electron chi connectivity index (χ2n) is 5.89. The molecule has 3 aliphatic rings. The first-order valence-electron chi connectivity index (χ1n) is 7.13. The predicted molar refractivity (Wildman–Crippen MR) is 72.4 cm³/mol. The summed E-state index contributed by atoms with van der Waals surface area (Å²) < 4.78 is 0. The van der Waals surface area contributed by atoms with Gasteiger partial charge in [-0.1, -0.05) is 0 Å². The summed E-state index contributed by atoms with van der Waals surface area (Å²) in [6, 6.07) is -0.171. The average Bonchev–Trinajstić information content (AvgIpc) is 2.43. The smallest absolute Gasteiger partial charge is 0.306 e. The number of carboxylic acid groups (broad SMARTS) is 2. The van der Waals surface area contributed by atoms with Crippen LogP contribution in [-0.4, -0.2) is 45.7 Å². The highest BCUT2D eigenvalue weighted by molar-refractivity contribution is 6.02. The highest BCUT2D eigenvalue weighted by Gasteiger charge is 2.38. The van der Waals surface area contributed by atoms with Gasteiger partial charge in [0.25, 0.3) is 0 Å². The van der Waals surface area contributed by atoms with E-state index >= 15 is 0 Å². The predicted octanol–water partition coefficient (Wildman–Crippen LogP) is 1.39. The topological polar surface area (TPSA) is 99.3 Å². The molecule has 3 rings (SSSR count). The summed E-state index contributed by atoms with van der Waals surface area (Å²) in [5.41, 5.74) is 1.95. The second-order valence-corrected chi connectivity index (χ2v) is 5.89. The van der Waals surface area contributed by atoms with Crippen LogP contribution in [-0.2, 0) is 9.59 Å². The first-order valence-corrected chi connectivity index (χ1v) is 7.13. The molecule has 0 aromatic carbocycles. The Kier molecular flexibility index (Phi) is 3.31. The third-order valence-electron chi connectivity index (χ3n) is 4.62. The minimum atomic E-state index is -0.749. The van der Waals surface area contributed by atoms with E-state index in [1.807, 2.05) is 0 Å². The molecule has 1 heterocycles. The Morgan fingerprint density at radius 1 is 0.850 bits per heavy atom. The van der Waals surface area contributed by atoms with Crippen molar-refractivity contribution in [3.63, 3.8) is 0 Å². The first kappa shape index (κ1) is 13.3. The largest absolute Gasteiger partial charge is 0.481 e. The van der Waals surface area contributed by atoms with Crippen molar-refractivity contribution in [3.05, 3.63) is 0 Å². The SMILES string of the molecule is O=C(O)C1CCC2=NC3CC(C(=O)O)CCC3=NC2C1. The Labute approximate surface area is 116 Å². The van der Waals surface area contributed by atoms with E-state index in [9.17, 15) is 9.59 Å². The minimum Gasteiger partial charge on any atom is -0.481 e. The van der Waals surface area contributed by atoms with E-state index in [-0.39, 0.29) is 23.9 Å². The van der Waals surface area contributed by atoms with Crippen LogP contribution >= 0.6 is 0 Å². The van der Waals surface area contributed by atoms with Crippen molar-refractivity contribution in [1.29, 1.82) is 0 Å². The van der Waals surface area contributed by atoms with E-state index < -0.39 is 11.9 Å². The van der Waals surface area contributed by atoms with Crippen LogP contribution in [0.4, 0.5) is 0 Å². The van der Waals surface area contributed by atoms with Crippen molar-refractivity contribution in [2.45, 2.75) is 50.6 Å². The van der Waals surface area contributed by atoms with Crippen molar-refractivity contribution in [3.8, 4) is 0 Å². The van der Waals surface area contributed by atoms with Crippen LogP contribution in [0.15, 0.2) is 9.98 Å². The number of carboxylic acids is 2. The first-order chi connectivity index (χ1) is 9.54. The highest BCUT2D eigenvalue weighted by atomic mass is 16.4. The van der Waals surface area contributed by atoms with Gasteiger partial charge in [-0.25, -0.2) is 0 Å². The summed E-state index contributed by atoms with van der Waals surface area (Å²) >= 11 is 0. The summed E-state index contributed by atoms with van der Waals surface area (Å²) in [6.45, 7) is 0. The standard InChI is InChI=1S/C14H18N2O4/c17-13(18)7-1-3-9-11(5-7)16-10-4-2-8(14(19)20)6-12(10)15-9/h7-8,11-12H,1-6H2,(H,17,18)(H,19,20). The van der Waals surface area contributed by atoms with Crippen LogP contribution in [0.1, 0.15) is 38.5 Å². The fourth-order valence-electron chi connectivity index (χ4n) is 3.43. The summed E-state index contributed by atoms with van der Waals surface area (Å²) in [4.78, 5) is 31.5. The van der Waals surface area contributed by atoms with E-state index in [0.717, 1.165) is 11.4 Å². The number of hydrogen-bond acceptors (Lipinski definition) is 4. The fraction of sp³-hybridized carbons (Fsp3) is 0.714. The maximum absolute atomic E-state index is 11.1. The fourth-order valence-corrected chi connectivity index (χ4v) is 3.43. The number of carbonyl (C=O) groups is 2. The number of hydrogen-bond donors (Lipinski definition) is 2. The molecule has 108 valence electrons. The molecule has 6 nitrogen and oxygen atoms in total. The van der Waals surface area contributed by atoms with Crippen molar-refractivity contribution in [1.82, 2.24) is 0 Å². The molecule has 0 spiro atoms. The monoisotopic (exact) mass is 278 g/mol. The van der Waals surface area contributed by atoms with Crippen LogP contribution < -0.4 is 0 Å². The molecule has 20 heavy (non-hydrogen) atoms. The molecule has 0 saturated heterocycles. The quantitative estimate of drug-likeness (QED) is 0.797. The Bertz CT molecular complexity index is 465. The maximum Gasteiger partial charge on any atom is 0.306 e. The molecule has 0 amide bonds. The number of fused-ring (bicyclic) bond motifs is 2. The second kappa shape index (κ2) is 5.00. The van der Waals surface area contributed by atoms with E-state index in [1.54, 1.807) is 0 Å². The van der Waals surface area contributed by atoms with Gasteiger partial charge in [0.05, 0.1) is 23.9 Å². The maximum atomic E-state index is 11.1. The third-order valence-corrected chi connectivity index (χ3v) is 4.62. The Morgan fingerprint density at radius 2 is 1.25 bits per heavy atom. The normalized spacial score (nSPS) is 36.2. The van der Waals surface area contributed by atoms with E-state index in [0.29, 0.717) is 38.5 Å². The van der Waals surface area contributed by atoms with Gasteiger partial charge in [-0.2, -0.15) is 0 Å². The lowest BCUT2D eigenvalue weighted by atomic mass is 9.79. The van der Waals surface area contributed by atoms with Gasteiger partial charge in [0, 0.05) is 11.4 Å². The molecule has 0 aromatic rings. The summed E-state index contributed by atoms with van der Waals surface area (Å²) in [5.74, 6) is -2.15. The van der Waals surface area contributed by atoms with E-state index in [4.69, 9.17) is 10.2 Å². The van der Waals surface area contributed by atoms with Crippen molar-refractivity contribution in [2.24, 2.45) is 21.8 Å². The number of rotatable bonds is 2. The van der Waals surface area contributed by atoms with Crippen LogP contribution in [0.3, 0.4) is 0 Å². The van der Waals surface area contributed by atoms with Gasteiger partial charge < -0.3 is 10.2 Å². The molecular weight excluding hydrogens is 260 g/mol. The Hall–Kier alpha value is -1.72. The van der Waals surface area contributed by atoms with Crippen LogP contribution in [0.5, 0.6) is 0 Å². The molecule has 6 heteroatoms. The summed E-state index contributed by atoms with van der Waals surface area (Å²) in [5, 5.41) is 18.2. The van der Waals surface area contributed by atoms with Crippen molar-refractivity contribution >= 4 is 23.4 Å². The van der Waals surface area contributed by atoms with Gasteiger partial charge in [-0.3, -0.25) is 19.6 Å². The molecule has 0 bridgehead atoms. The lowest BCUT2D eigenvalue weighted by Gasteiger charge is -2.35. The number of aliphatic carboxylic acids is 2. The van der Waals surface area contributed by atoms with Gasteiger partial charge in [0.2, 0.25) is 0 Å². The zero-order valence-electron chi connectivity index (χ0n) is 11.2. The summed E-state index contributed by atoms with van der Waals surface area (Å²) in [6.07, 6.45) is 3.65. The molecule has 2 aliphatic carbocycles. The Balaban J connectivity index is 1.76. The minimum absolute atomic E-state index is 0.0857. The van der Waals surface area contributed by atoms with E-state index in [2.05, 4.69) is 9.98 Å². The molecule has 0 radical (unpaired) electrons. The zero-order chi connectivity index (χ0) is 14.3. The van der Waals surface area contributed by atoms with Crippen LogP contribution in [0, 0.1) is 11.8 Å². The van der Waals surface area contributed by atoms with Gasteiger partial charge >= 0.3 is 11.9 Å². The van der Waals surface area contributed by atoms with Gasteiger partial charge in [-0.05, 0) is 38.5 Å². The number of aliphatic imine (C=N–C) groups is 2. The van der Waals surface area contributed by atoms with Crippen molar-refractivity contribution in [2.75, 3.05) is 0 Å². The zero-order valence-corrected chi connectivity index (χ0v) is 11.2. The Morgan fingerprint density at radius 3 is 1.60 bits per heavy atom. The van der Waals surface area contributed by atoms with Crippen LogP contribution in [0.25, 0.3) is 0 Å². The molecule has 1 aliphatic heterocycles. The van der Waals surface area contributed by atoms with Crippen LogP contribution in [0.2, 0.25) is 0 Å². The molecule has 2 N–H and O–H groups in total. The lowest BCUT2D eigenvalue weighted by Crippen LogP contribution is -2.42. The third kappa shape index (κ3) is 2.34. The molecule has 2 fully saturated rings. The number of nitrogens with zero attached hydrogens (tertiary/aromatic N) is 2. The van der Waals surface area contributed by atoms with Crippen molar-refractivity contribution < 1.29 is 19.8 Å². The molecule has 4 atom stereocenters. The molecule has 2 saturated carbocycles. The van der Waals surface area contributed by atoms with Gasteiger partial charge in [-0.15, -0.1) is 0 Å². The average molecular weight is 278 g/mol. The highest BCUT2D eigenvalue weighted by Crippen LogP contribution is 2.33. The van der Waals surface area contributed by atoms with Gasteiger partial charge in [0.15, 0.2) is 0 Å². The summed E-state index contributed by atoms with van der Waals surface area (Å²) in [7, 11) is 0. The lowest BCUT2D eigenvalue weighted by molar-refractivity contribution is -0.143. The van der Waals surface area contributed by atoms with Gasteiger partial charge in [0.1, 0.15) is 0 Å². The molecule has 0 aromatic heterocycles.